The molecule has 0 saturated heterocycles. The smallest absolute Gasteiger partial charge is 0.189 e. The number of guanidine groups is 1. The molecule has 1 saturated carbocycles. The van der Waals surface area contributed by atoms with Gasteiger partial charge in [0.15, 0.2) is 5.96 Å². The second-order valence-electron chi connectivity index (χ2n) is 4.58. The Hall–Kier alpha value is -1.10. The van der Waals surface area contributed by atoms with E-state index in [-0.39, 0.29) is 0 Å². The number of nitrogens with one attached hydrogen (secondary N) is 1. The van der Waals surface area contributed by atoms with Gasteiger partial charge in [0, 0.05) is 10.9 Å². The maximum Gasteiger partial charge on any atom is 0.189 e. The number of hydrogen-bond acceptors (Lipinski definition) is 3. The van der Waals surface area contributed by atoms with Crippen molar-refractivity contribution in [3.05, 3.63) is 15.6 Å². The van der Waals surface area contributed by atoms with Crippen LogP contribution in [0, 0.1) is 13.8 Å². The van der Waals surface area contributed by atoms with Crippen LogP contribution >= 0.6 is 11.3 Å². The molecule has 1 aliphatic carbocycles. The highest BCUT2D eigenvalue weighted by molar-refractivity contribution is 7.11. The summed E-state index contributed by atoms with van der Waals surface area (Å²) in [7, 11) is 0. The van der Waals surface area contributed by atoms with E-state index in [1.807, 2.05) is 6.92 Å². The van der Waals surface area contributed by atoms with E-state index in [1.54, 1.807) is 11.3 Å². The fourth-order valence-electron chi connectivity index (χ4n) is 2.08. The lowest BCUT2D eigenvalue weighted by atomic mass is 10.2. The molecule has 0 radical (unpaired) electrons. The van der Waals surface area contributed by atoms with Crippen molar-refractivity contribution in [2.75, 3.05) is 0 Å². The molecule has 0 spiro atoms. The molecule has 1 aliphatic rings. The summed E-state index contributed by atoms with van der Waals surface area (Å²) in [6.07, 6.45) is 5.03. The molecule has 2 rings (SSSR count). The Morgan fingerprint density at radius 2 is 2.18 bits per heavy atom. The molecule has 3 N–H and O–H groups in total. The summed E-state index contributed by atoms with van der Waals surface area (Å²) in [5.74, 6) is 0.558. The van der Waals surface area contributed by atoms with Gasteiger partial charge in [-0.25, -0.2) is 9.98 Å². The Labute approximate surface area is 106 Å². The third-order valence-electron chi connectivity index (χ3n) is 3.16. The number of aliphatic imine (C=N–C) groups is 1. The molecule has 0 bridgehead atoms. The fraction of sp³-hybridized carbons (Fsp3) is 0.667. The Morgan fingerprint density at radius 3 is 2.76 bits per heavy atom. The molecular formula is C12H20N4S. The monoisotopic (exact) mass is 252 g/mol. The highest BCUT2D eigenvalue weighted by atomic mass is 32.1. The first-order chi connectivity index (χ1) is 8.15. The first kappa shape index (κ1) is 12.4. The van der Waals surface area contributed by atoms with Crippen LogP contribution in [0.15, 0.2) is 4.99 Å². The molecule has 0 unspecified atom stereocenters. The second kappa shape index (κ2) is 5.49. The summed E-state index contributed by atoms with van der Waals surface area (Å²) >= 11 is 1.70. The normalized spacial score (nSPS) is 17.6. The standard InChI is InChI=1S/C12H20N4S/c1-8-9(2)17-11(15-8)7-14-12(13)16-10-5-3-4-6-10/h10H,3-7H2,1-2H3,(H3,13,14,16). The lowest BCUT2D eigenvalue weighted by molar-refractivity contribution is 0.625. The minimum atomic E-state index is 0.526. The van der Waals surface area contributed by atoms with E-state index >= 15 is 0 Å². The van der Waals surface area contributed by atoms with Gasteiger partial charge >= 0.3 is 0 Å². The summed E-state index contributed by atoms with van der Waals surface area (Å²) < 4.78 is 0. The first-order valence-corrected chi connectivity index (χ1v) is 6.96. The van der Waals surface area contributed by atoms with Gasteiger partial charge in [-0.2, -0.15) is 0 Å². The fourth-order valence-corrected chi connectivity index (χ4v) is 2.94. The average molecular weight is 252 g/mol. The molecule has 0 aromatic carbocycles. The quantitative estimate of drug-likeness (QED) is 0.639. The van der Waals surface area contributed by atoms with Crippen molar-refractivity contribution in [2.24, 2.45) is 10.7 Å². The van der Waals surface area contributed by atoms with E-state index in [2.05, 4.69) is 22.2 Å². The van der Waals surface area contributed by atoms with Crippen molar-refractivity contribution in [1.29, 1.82) is 0 Å². The van der Waals surface area contributed by atoms with Crippen LogP contribution in [-0.2, 0) is 6.54 Å². The molecule has 1 aromatic rings. The van der Waals surface area contributed by atoms with Crippen LogP contribution < -0.4 is 11.1 Å². The van der Waals surface area contributed by atoms with Crippen molar-refractivity contribution in [3.63, 3.8) is 0 Å². The van der Waals surface area contributed by atoms with E-state index in [0.717, 1.165) is 10.7 Å². The minimum Gasteiger partial charge on any atom is -0.370 e. The lowest BCUT2D eigenvalue weighted by Gasteiger charge is -2.11. The molecule has 17 heavy (non-hydrogen) atoms. The van der Waals surface area contributed by atoms with Crippen molar-refractivity contribution in [1.82, 2.24) is 10.3 Å². The van der Waals surface area contributed by atoms with Crippen molar-refractivity contribution < 1.29 is 0 Å². The maximum atomic E-state index is 5.86. The van der Waals surface area contributed by atoms with Crippen LogP contribution in [0.1, 0.15) is 41.3 Å². The molecule has 94 valence electrons. The van der Waals surface area contributed by atoms with Gasteiger partial charge in [0.2, 0.25) is 0 Å². The Kier molecular flexibility index (Phi) is 3.99. The van der Waals surface area contributed by atoms with Crippen molar-refractivity contribution in [2.45, 2.75) is 52.1 Å². The van der Waals surface area contributed by atoms with E-state index in [0.29, 0.717) is 18.5 Å². The van der Waals surface area contributed by atoms with Gasteiger partial charge in [0.1, 0.15) is 5.01 Å². The average Bonchev–Trinajstić information content (AvgIpc) is 2.87. The number of thiazole rings is 1. The highest BCUT2D eigenvalue weighted by Gasteiger charge is 2.14. The van der Waals surface area contributed by atoms with E-state index in [4.69, 9.17) is 5.73 Å². The Morgan fingerprint density at radius 1 is 1.47 bits per heavy atom. The number of aryl methyl sites for hydroxylation is 2. The van der Waals surface area contributed by atoms with Gasteiger partial charge in [-0.1, -0.05) is 12.8 Å². The van der Waals surface area contributed by atoms with Crippen LogP contribution in [0.3, 0.4) is 0 Å². The maximum absolute atomic E-state index is 5.86. The molecule has 0 amide bonds. The van der Waals surface area contributed by atoms with Gasteiger partial charge in [0.25, 0.3) is 0 Å². The molecule has 0 atom stereocenters. The van der Waals surface area contributed by atoms with Crippen molar-refractivity contribution in [3.8, 4) is 0 Å². The van der Waals surface area contributed by atoms with E-state index < -0.39 is 0 Å². The highest BCUT2D eigenvalue weighted by Crippen LogP contribution is 2.18. The Balaban J connectivity index is 1.86. The van der Waals surface area contributed by atoms with E-state index in [9.17, 15) is 0 Å². The molecule has 1 aromatic heterocycles. The zero-order valence-electron chi connectivity index (χ0n) is 10.5. The summed E-state index contributed by atoms with van der Waals surface area (Å²) in [5, 5.41) is 4.31. The topological polar surface area (TPSA) is 63.3 Å². The minimum absolute atomic E-state index is 0.526. The van der Waals surface area contributed by atoms with Gasteiger partial charge in [-0.05, 0) is 26.7 Å². The molecular weight excluding hydrogens is 232 g/mol. The zero-order valence-corrected chi connectivity index (χ0v) is 11.3. The van der Waals surface area contributed by atoms with Crippen molar-refractivity contribution >= 4 is 17.3 Å². The summed E-state index contributed by atoms with van der Waals surface area (Å²) in [5.41, 5.74) is 6.96. The van der Waals surface area contributed by atoms with Crippen LogP contribution in [0.5, 0.6) is 0 Å². The third-order valence-corrected chi connectivity index (χ3v) is 4.22. The van der Waals surface area contributed by atoms with Crippen LogP contribution in [-0.4, -0.2) is 17.0 Å². The van der Waals surface area contributed by atoms with Crippen LogP contribution in [0.2, 0.25) is 0 Å². The first-order valence-electron chi connectivity index (χ1n) is 6.14. The van der Waals surface area contributed by atoms with Crippen LogP contribution in [0.4, 0.5) is 0 Å². The number of hydrogen-bond donors (Lipinski definition) is 2. The molecule has 4 nitrogen and oxygen atoms in total. The van der Waals surface area contributed by atoms with Crippen LogP contribution in [0.25, 0.3) is 0 Å². The predicted octanol–water partition coefficient (Wildman–Crippen LogP) is 2.11. The van der Waals surface area contributed by atoms with Gasteiger partial charge in [0.05, 0.1) is 12.2 Å². The largest absolute Gasteiger partial charge is 0.370 e. The summed E-state index contributed by atoms with van der Waals surface area (Å²) in [6.45, 7) is 4.70. The lowest BCUT2D eigenvalue weighted by Crippen LogP contribution is -2.38. The number of aromatic nitrogens is 1. The van der Waals surface area contributed by atoms with Gasteiger partial charge in [-0.15, -0.1) is 11.3 Å². The summed E-state index contributed by atoms with van der Waals surface area (Å²) in [6, 6.07) is 0.526. The molecule has 1 heterocycles. The van der Waals surface area contributed by atoms with E-state index in [1.165, 1.54) is 30.6 Å². The summed E-state index contributed by atoms with van der Waals surface area (Å²) in [4.78, 5) is 10.0. The third kappa shape index (κ3) is 3.43. The zero-order chi connectivity index (χ0) is 12.3. The second-order valence-corrected chi connectivity index (χ2v) is 5.86. The number of rotatable bonds is 3. The predicted molar refractivity (Wildman–Crippen MR) is 72.3 cm³/mol. The number of nitrogens with zero attached hydrogens (tertiary/aromatic N) is 2. The molecule has 1 fully saturated rings. The Bertz CT molecular complexity index is 385. The molecule has 0 aliphatic heterocycles. The molecule has 5 heteroatoms. The SMILES string of the molecule is Cc1nc(CN=C(N)NC2CCCC2)sc1C. The van der Waals surface area contributed by atoms with Gasteiger partial charge < -0.3 is 11.1 Å². The number of nitrogens with two attached hydrogens (primary N) is 1. The van der Waals surface area contributed by atoms with Gasteiger partial charge in [-0.3, -0.25) is 0 Å².